The standard InChI is InChI=1S/C24H25N3O/c1-18-17-25-15-13-20(18)10-7-14-26-27-23-12-6-5-11-21(23)22(24(27)28)16-19-8-3-2-4-9-19/h2-6,8-9,11-13,15,17,22,26H,7,10,14,16H2,1H3. The first kappa shape index (κ1) is 18.4. The number of aryl methyl sites for hydroxylation is 2. The van der Waals surface area contributed by atoms with E-state index in [4.69, 9.17) is 0 Å². The van der Waals surface area contributed by atoms with Crippen LogP contribution >= 0.6 is 0 Å². The average Bonchev–Trinajstić information content (AvgIpc) is 2.99. The van der Waals surface area contributed by atoms with E-state index in [1.807, 2.05) is 48.8 Å². The van der Waals surface area contributed by atoms with Crippen LogP contribution in [0.4, 0.5) is 5.69 Å². The summed E-state index contributed by atoms with van der Waals surface area (Å²) in [5, 5.41) is 1.75. The van der Waals surface area contributed by atoms with Gasteiger partial charge in [0.2, 0.25) is 5.91 Å². The minimum absolute atomic E-state index is 0.130. The van der Waals surface area contributed by atoms with Gasteiger partial charge in [0.1, 0.15) is 0 Å². The molecule has 1 unspecified atom stereocenters. The van der Waals surface area contributed by atoms with E-state index >= 15 is 0 Å². The van der Waals surface area contributed by atoms with Gasteiger partial charge in [-0.1, -0.05) is 48.5 Å². The average molecular weight is 371 g/mol. The Morgan fingerprint density at radius 2 is 1.82 bits per heavy atom. The van der Waals surface area contributed by atoms with Crippen molar-refractivity contribution in [2.75, 3.05) is 11.6 Å². The lowest BCUT2D eigenvalue weighted by Gasteiger charge is -2.19. The summed E-state index contributed by atoms with van der Waals surface area (Å²) < 4.78 is 0. The molecule has 4 heteroatoms. The Bertz CT molecular complexity index is 955. The van der Waals surface area contributed by atoms with Gasteiger partial charge in [-0.05, 0) is 60.6 Å². The van der Waals surface area contributed by atoms with Gasteiger partial charge in [-0.15, -0.1) is 0 Å². The molecule has 0 spiro atoms. The van der Waals surface area contributed by atoms with Crippen molar-refractivity contribution in [2.24, 2.45) is 0 Å². The summed E-state index contributed by atoms with van der Waals surface area (Å²) in [6.07, 6.45) is 6.39. The first-order valence-corrected chi connectivity index (χ1v) is 9.84. The zero-order chi connectivity index (χ0) is 19.3. The molecule has 1 amide bonds. The van der Waals surface area contributed by atoms with Gasteiger partial charge in [-0.25, -0.2) is 10.4 Å². The molecular weight excluding hydrogens is 346 g/mol. The molecule has 0 radical (unpaired) electrons. The molecule has 4 nitrogen and oxygen atoms in total. The van der Waals surface area contributed by atoms with Gasteiger partial charge in [0.15, 0.2) is 0 Å². The third-order valence-corrected chi connectivity index (χ3v) is 5.38. The topological polar surface area (TPSA) is 45.2 Å². The SMILES string of the molecule is Cc1cnccc1CCCNN1C(=O)C(Cc2ccccc2)c2ccccc21. The van der Waals surface area contributed by atoms with Crippen LogP contribution in [0.15, 0.2) is 73.1 Å². The molecule has 0 saturated heterocycles. The van der Waals surface area contributed by atoms with Crippen LogP contribution in [-0.2, 0) is 17.6 Å². The van der Waals surface area contributed by atoms with Gasteiger partial charge in [-0.2, -0.15) is 0 Å². The van der Waals surface area contributed by atoms with Crippen molar-refractivity contribution in [1.29, 1.82) is 0 Å². The fourth-order valence-electron chi connectivity index (χ4n) is 3.86. The number of hydrogen-bond donors (Lipinski definition) is 1. The van der Waals surface area contributed by atoms with Crippen LogP contribution in [-0.4, -0.2) is 17.4 Å². The van der Waals surface area contributed by atoms with Crippen LogP contribution in [0.1, 0.15) is 34.6 Å². The maximum absolute atomic E-state index is 13.1. The van der Waals surface area contributed by atoms with Gasteiger partial charge in [0.25, 0.3) is 0 Å². The normalized spacial score (nSPS) is 15.7. The number of hydrogen-bond acceptors (Lipinski definition) is 3. The van der Waals surface area contributed by atoms with Crippen molar-refractivity contribution in [2.45, 2.75) is 32.1 Å². The number of carbonyl (C=O) groups is 1. The van der Waals surface area contributed by atoms with Crippen LogP contribution < -0.4 is 10.4 Å². The zero-order valence-corrected chi connectivity index (χ0v) is 16.1. The second-order valence-electron chi connectivity index (χ2n) is 7.29. The molecule has 1 atom stereocenters. The Kier molecular flexibility index (Phi) is 5.49. The molecule has 1 aromatic heterocycles. The summed E-state index contributed by atoms with van der Waals surface area (Å²) in [5.74, 6) is -0.00122. The summed E-state index contributed by atoms with van der Waals surface area (Å²) in [4.78, 5) is 17.3. The number of fused-ring (bicyclic) bond motifs is 1. The number of nitrogens with one attached hydrogen (secondary N) is 1. The van der Waals surface area contributed by atoms with E-state index in [1.165, 1.54) is 16.7 Å². The predicted octanol–water partition coefficient (Wildman–Crippen LogP) is 4.20. The minimum Gasteiger partial charge on any atom is -0.272 e. The molecule has 4 rings (SSSR count). The molecule has 0 aliphatic carbocycles. The highest BCUT2D eigenvalue weighted by molar-refractivity contribution is 6.04. The van der Waals surface area contributed by atoms with Gasteiger partial charge in [0, 0.05) is 18.9 Å². The predicted molar refractivity (Wildman–Crippen MR) is 112 cm³/mol. The number of rotatable bonds is 7. The Labute approximate surface area is 166 Å². The van der Waals surface area contributed by atoms with Crippen molar-refractivity contribution in [3.63, 3.8) is 0 Å². The van der Waals surface area contributed by atoms with E-state index in [0.717, 1.165) is 37.1 Å². The van der Waals surface area contributed by atoms with Gasteiger partial charge < -0.3 is 0 Å². The monoisotopic (exact) mass is 371 g/mol. The Morgan fingerprint density at radius 3 is 2.64 bits per heavy atom. The largest absolute Gasteiger partial charge is 0.272 e. The first-order chi connectivity index (χ1) is 13.7. The van der Waals surface area contributed by atoms with Crippen LogP contribution in [0, 0.1) is 6.92 Å². The lowest BCUT2D eigenvalue weighted by atomic mass is 9.93. The van der Waals surface area contributed by atoms with E-state index in [-0.39, 0.29) is 11.8 Å². The number of pyridine rings is 1. The molecule has 1 aliphatic rings. The molecule has 1 aliphatic heterocycles. The summed E-state index contributed by atoms with van der Waals surface area (Å²) in [6.45, 7) is 2.84. The number of amides is 1. The summed E-state index contributed by atoms with van der Waals surface area (Å²) in [5.41, 5.74) is 9.16. The summed E-state index contributed by atoms with van der Waals surface area (Å²) in [6, 6.07) is 20.4. The van der Waals surface area contributed by atoms with E-state index < -0.39 is 0 Å². The second-order valence-corrected chi connectivity index (χ2v) is 7.29. The third-order valence-electron chi connectivity index (χ3n) is 5.38. The number of anilines is 1. The van der Waals surface area contributed by atoms with Gasteiger partial charge in [0.05, 0.1) is 11.6 Å². The number of carbonyl (C=O) groups excluding carboxylic acids is 1. The Balaban J connectivity index is 1.43. The van der Waals surface area contributed by atoms with Crippen LogP contribution in [0.25, 0.3) is 0 Å². The molecule has 0 fully saturated rings. The van der Waals surface area contributed by atoms with E-state index in [9.17, 15) is 4.79 Å². The van der Waals surface area contributed by atoms with Gasteiger partial charge in [-0.3, -0.25) is 9.78 Å². The number of aromatic nitrogens is 1. The molecule has 2 heterocycles. The van der Waals surface area contributed by atoms with Crippen molar-refractivity contribution < 1.29 is 4.79 Å². The van der Waals surface area contributed by atoms with Crippen molar-refractivity contribution in [1.82, 2.24) is 10.4 Å². The van der Waals surface area contributed by atoms with Gasteiger partial charge >= 0.3 is 0 Å². The minimum atomic E-state index is -0.131. The lowest BCUT2D eigenvalue weighted by molar-refractivity contribution is -0.119. The molecule has 0 bridgehead atoms. The van der Waals surface area contributed by atoms with E-state index in [0.29, 0.717) is 0 Å². The first-order valence-electron chi connectivity index (χ1n) is 9.84. The molecular formula is C24H25N3O. The number of benzene rings is 2. The van der Waals surface area contributed by atoms with Crippen LogP contribution in [0.3, 0.4) is 0 Å². The molecule has 28 heavy (non-hydrogen) atoms. The van der Waals surface area contributed by atoms with Crippen molar-refractivity contribution in [3.05, 3.63) is 95.3 Å². The highest BCUT2D eigenvalue weighted by atomic mass is 16.2. The highest BCUT2D eigenvalue weighted by Crippen LogP contribution is 2.37. The van der Waals surface area contributed by atoms with Crippen LogP contribution in [0.5, 0.6) is 0 Å². The smallest absolute Gasteiger partial charge is 0.249 e. The number of hydrazine groups is 1. The second kappa shape index (κ2) is 8.36. The van der Waals surface area contributed by atoms with Crippen molar-refractivity contribution >= 4 is 11.6 Å². The van der Waals surface area contributed by atoms with E-state index in [1.54, 1.807) is 5.01 Å². The third kappa shape index (κ3) is 3.82. The molecule has 3 aromatic rings. The fraction of sp³-hybridized carbons (Fsp3) is 0.250. The Morgan fingerprint density at radius 1 is 1.04 bits per heavy atom. The zero-order valence-electron chi connectivity index (χ0n) is 16.1. The number of nitrogens with zero attached hydrogens (tertiary/aromatic N) is 2. The summed E-state index contributed by atoms with van der Waals surface area (Å²) >= 11 is 0. The highest BCUT2D eigenvalue weighted by Gasteiger charge is 2.36. The molecule has 0 saturated carbocycles. The van der Waals surface area contributed by atoms with Crippen molar-refractivity contribution in [3.8, 4) is 0 Å². The maximum Gasteiger partial charge on any atom is 0.249 e. The molecule has 1 N–H and O–H groups in total. The fourth-order valence-corrected chi connectivity index (χ4v) is 3.86. The number of para-hydroxylation sites is 1. The maximum atomic E-state index is 13.1. The lowest BCUT2D eigenvalue weighted by Crippen LogP contribution is -2.42. The molecule has 142 valence electrons. The summed E-state index contributed by atoms with van der Waals surface area (Å²) in [7, 11) is 0. The van der Waals surface area contributed by atoms with E-state index in [2.05, 4.69) is 41.6 Å². The van der Waals surface area contributed by atoms with Crippen LogP contribution in [0.2, 0.25) is 0 Å². The molecule has 2 aromatic carbocycles. The Hall–Kier alpha value is -2.98. The quantitative estimate of drug-likeness (QED) is 0.633.